The molecule has 2 rings (SSSR count). The van der Waals surface area contributed by atoms with Crippen LogP contribution in [0.1, 0.15) is 52.4 Å². The Morgan fingerprint density at radius 1 is 1.33 bits per heavy atom. The molecule has 0 aromatic rings. The number of hydrogen-bond donors (Lipinski definition) is 1. The van der Waals surface area contributed by atoms with Gasteiger partial charge in [-0.2, -0.15) is 0 Å². The molecule has 1 saturated carbocycles. The summed E-state index contributed by atoms with van der Waals surface area (Å²) in [4.78, 5) is 25.8. The Balaban J connectivity index is 1.91. The topological polar surface area (TPSA) is 49.4 Å². The average molecular weight is 252 g/mol. The third kappa shape index (κ3) is 2.74. The maximum Gasteiger partial charge on any atom is 0.247 e. The first kappa shape index (κ1) is 13.5. The summed E-state index contributed by atoms with van der Waals surface area (Å²) in [7, 11) is 0. The summed E-state index contributed by atoms with van der Waals surface area (Å²) in [6.45, 7) is 5.11. The van der Waals surface area contributed by atoms with Gasteiger partial charge in [0, 0.05) is 6.04 Å². The highest BCUT2D eigenvalue weighted by molar-refractivity contribution is 6.05. The summed E-state index contributed by atoms with van der Waals surface area (Å²) in [5.41, 5.74) is 0. The molecule has 0 aromatic carbocycles. The number of nitrogens with zero attached hydrogens (tertiary/aromatic N) is 1. The zero-order chi connectivity index (χ0) is 13.1. The lowest BCUT2D eigenvalue weighted by molar-refractivity contribution is -0.141. The molecule has 102 valence electrons. The van der Waals surface area contributed by atoms with Gasteiger partial charge in [-0.25, -0.2) is 0 Å². The summed E-state index contributed by atoms with van der Waals surface area (Å²) in [6, 6.07) is -0.0903. The predicted octanol–water partition coefficient (Wildman–Crippen LogP) is 1.69. The van der Waals surface area contributed by atoms with Crippen LogP contribution in [0.5, 0.6) is 0 Å². The largest absolute Gasteiger partial charge is 0.305 e. The Kier molecular flexibility index (Phi) is 4.38. The SMILES string of the molecule is CCC(C)CNC1CC(=O)N(C2CCCC2)C1=O. The third-order valence-corrected chi connectivity index (χ3v) is 4.28. The lowest BCUT2D eigenvalue weighted by Gasteiger charge is -2.22. The molecule has 1 heterocycles. The number of carbonyl (C=O) groups excluding carboxylic acids is 2. The van der Waals surface area contributed by atoms with Crippen LogP contribution in [0.15, 0.2) is 0 Å². The van der Waals surface area contributed by atoms with Crippen molar-refractivity contribution < 1.29 is 9.59 Å². The Bertz CT molecular complexity index is 324. The number of amides is 2. The molecule has 18 heavy (non-hydrogen) atoms. The number of imide groups is 1. The zero-order valence-corrected chi connectivity index (χ0v) is 11.4. The normalized spacial score (nSPS) is 27.2. The van der Waals surface area contributed by atoms with Gasteiger partial charge in [-0.15, -0.1) is 0 Å². The van der Waals surface area contributed by atoms with E-state index in [4.69, 9.17) is 0 Å². The zero-order valence-electron chi connectivity index (χ0n) is 11.4. The van der Waals surface area contributed by atoms with E-state index >= 15 is 0 Å². The van der Waals surface area contributed by atoms with E-state index in [9.17, 15) is 9.59 Å². The van der Waals surface area contributed by atoms with Crippen molar-refractivity contribution in [3.05, 3.63) is 0 Å². The smallest absolute Gasteiger partial charge is 0.247 e. The van der Waals surface area contributed by atoms with Crippen molar-refractivity contribution in [1.82, 2.24) is 10.2 Å². The van der Waals surface area contributed by atoms with Gasteiger partial charge in [-0.3, -0.25) is 14.5 Å². The third-order valence-electron chi connectivity index (χ3n) is 4.28. The molecule has 2 amide bonds. The van der Waals surface area contributed by atoms with Crippen LogP contribution in [0.4, 0.5) is 0 Å². The lowest BCUT2D eigenvalue weighted by atomic mass is 10.1. The van der Waals surface area contributed by atoms with E-state index in [1.165, 1.54) is 0 Å². The molecule has 0 aromatic heterocycles. The first-order valence-electron chi connectivity index (χ1n) is 7.22. The molecule has 0 spiro atoms. The van der Waals surface area contributed by atoms with Crippen molar-refractivity contribution >= 4 is 11.8 Å². The molecule has 2 aliphatic rings. The second-order valence-electron chi connectivity index (χ2n) is 5.72. The number of likely N-dealkylation sites (tertiary alicyclic amines) is 1. The van der Waals surface area contributed by atoms with Gasteiger partial charge in [-0.1, -0.05) is 33.1 Å². The Morgan fingerprint density at radius 3 is 2.61 bits per heavy atom. The molecule has 0 bridgehead atoms. The fraction of sp³-hybridized carbons (Fsp3) is 0.857. The van der Waals surface area contributed by atoms with Crippen molar-refractivity contribution in [1.29, 1.82) is 0 Å². The molecule has 4 nitrogen and oxygen atoms in total. The molecule has 1 aliphatic carbocycles. The molecule has 1 N–H and O–H groups in total. The summed E-state index contributed by atoms with van der Waals surface area (Å²) < 4.78 is 0. The highest BCUT2D eigenvalue weighted by Crippen LogP contribution is 2.28. The number of rotatable bonds is 5. The van der Waals surface area contributed by atoms with Crippen LogP contribution in [-0.4, -0.2) is 35.3 Å². The van der Waals surface area contributed by atoms with Gasteiger partial charge in [0.15, 0.2) is 0 Å². The molecule has 4 heteroatoms. The molecular formula is C14H24N2O2. The summed E-state index contributed by atoms with van der Waals surface area (Å²) in [6.07, 6.45) is 5.73. The maximum atomic E-state index is 12.2. The minimum atomic E-state index is -0.271. The van der Waals surface area contributed by atoms with E-state index in [2.05, 4.69) is 19.2 Å². The van der Waals surface area contributed by atoms with Gasteiger partial charge < -0.3 is 5.32 Å². The number of carbonyl (C=O) groups is 2. The summed E-state index contributed by atoms with van der Waals surface area (Å²) in [5, 5.41) is 3.25. The first-order valence-corrected chi connectivity index (χ1v) is 7.22. The van der Waals surface area contributed by atoms with Gasteiger partial charge in [0.1, 0.15) is 0 Å². The minimum Gasteiger partial charge on any atom is -0.305 e. The monoisotopic (exact) mass is 252 g/mol. The summed E-state index contributed by atoms with van der Waals surface area (Å²) in [5.74, 6) is 0.581. The fourth-order valence-corrected chi connectivity index (χ4v) is 2.84. The Hall–Kier alpha value is -0.900. The van der Waals surface area contributed by atoms with E-state index in [-0.39, 0.29) is 23.9 Å². The minimum absolute atomic E-state index is 0.00945. The average Bonchev–Trinajstić information content (AvgIpc) is 2.95. The molecular weight excluding hydrogens is 228 g/mol. The van der Waals surface area contributed by atoms with E-state index in [1.807, 2.05) is 0 Å². The number of nitrogens with one attached hydrogen (secondary N) is 1. The van der Waals surface area contributed by atoms with Crippen molar-refractivity contribution in [2.45, 2.75) is 64.5 Å². The van der Waals surface area contributed by atoms with Gasteiger partial charge in [0.25, 0.3) is 0 Å². The van der Waals surface area contributed by atoms with E-state index in [0.717, 1.165) is 38.6 Å². The van der Waals surface area contributed by atoms with Crippen LogP contribution in [0, 0.1) is 5.92 Å². The molecule has 1 aliphatic heterocycles. The highest BCUT2D eigenvalue weighted by Gasteiger charge is 2.42. The van der Waals surface area contributed by atoms with Crippen molar-refractivity contribution in [2.24, 2.45) is 5.92 Å². The first-order chi connectivity index (χ1) is 8.63. The van der Waals surface area contributed by atoms with Crippen molar-refractivity contribution in [3.63, 3.8) is 0 Å². The predicted molar refractivity (Wildman–Crippen MR) is 70.0 cm³/mol. The number of hydrogen-bond acceptors (Lipinski definition) is 3. The van der Waals surface area contributed by atoms with Gasteiger partial charge in [0.05, 0.1) is 12.5 Å². The van der Waals surface area contributed by atoms with E-state index in [0.29, 0.717) is 12.3 Å². The Morgan fingerprint density at radius 2 is 2.00 bits per heavy atom. The van der Waals surface area contributed by atoms with Crippen LogP contribution in [0.25, 0.3) is 0 Å². The maximum absolute atomic E-state index is 12.2. The second kappa shape index (κ2) is 5.83. The highest BCUT2D eigenvalue weighted by atomic mass is 16.2. The molecule has 2 unspecified atom stereocenters. The Labute approximate surface area is 109 Å². The van der Waals surface area contributed by atoms with Gasteiger partial charge in [0.2, 0.25) is 11.8 Å². The fourth-order valence-electron chi connectivity index (χ4n) is 2.84. The molecule has 2 fully saturated rings. The standard InChI is InChI=1S/C14H24N2O2/c1-3-10(2)9-15-12-8-13(17)16(14(12)18)11-6-4-5-7-11/h10-12,15H,3-9H2,1-2H3. The van der Waals surface area contributed by atoms with Crippen LogP contribution in [0.3, 0.4) is 0 Å². The molecule has 2 atom stereocenters. The van der Waals surface area contributed by atoms with Gasteiger partial charge in [-0.05, 0) is 25.3 Å². The van der Waals surface area contributed by atoms with Gasteiger partial charge >= 0.3 is 0 Å². The molecule has 1 saturated heterocycles. The molecule has 0 radical (unpaired) electrons. The lowest BCUT2D eigenvalue weighted by Crippen LogP contribution is -2.43. The second-order valence-corrected chi connectivity index (χ2v) is 5.72. The summed E-state index contributed by atoms with van der Waals surface area (Å²) >= 11 is 0. The van der Waals surface area contributed by atoms with Crippen LogP contribution in [0.2, 0.25) is 0 Å². The van der Waals surface area contributed by atoms with Crippen LogP contribution in [-0.2, 0) is 9.59 Å². The van der Waals surface area contributed by atoms with E-state index < -0.39 is 0 Å². The van der Waals surface area contributed by atoms with Crippen LogP contribution < -0.4 is 5.32 Å². The quantitative estimate of drug-likeness (QED) is 0.758. The van der Waals surface area contributed by atoms with Crippen molar-refractivity contribution in [2.75, 3.05) is 6.54 Å². The van der Waals surface area contributed by atoms with E-state index in [1.54, 1.807) is 4.90 Å². The van der Waals surface area contributed by atoms with Crippen LogP contribution >= 0.6 is 0 Å². The van der Waals surface area contributed by atoms with Crippen molar-refractivity contribution in [3.8, 4) is 0 Å².